The Morgan fingerprint density at radius 1 is 1.08 bits per heavy atom. The number of ether oxygens (including phenoxy) is 2. The molecule has 0 radical (unpaired) electrons. The number of esters is 1. The number of alkyl halides is 3. The van der Waals surface area contributed by atoms with E-state index < -0.39 is 66.7 Å². The summed E-state index contributed by atoms with van der Waals surface area (Å²) >= 11 is 0. The second kappa shape index (κ2) is 10.4. The number of halogens is 3. The highest BCUT2D eigenvalue weighted by molar-refractivity contribution is 7.93. The maximum atomic E-state index is 13.6. The molecule has 2 aromatic carbocycles. The molecule has 1 aliphatic heterocycles. The van der Waals surface area contributed by atoms with Gasteiger partial charge in [-0.05, 0) is 56.7 Å². The van der Waals surface area contributed by atoms with E-state index >= 15 is 0 Å². The Hall–Kier alpha value is -2.84. The van der Waals surface area contributed by atoms with Crippen LogP contribution in [0.3, 0.4) is 0 Å². The predicted molar refractivity (Wildman–Crippen MR) is 134 cm³/mol. The van der Waals surface area contributed by atoms with E-state index in [0.29, 0.717) is 11.6 Å². The zero-order valence-corrected chi connectivity index (χ0v) is 23.1. The lowest BCUT2D eigenvalue weighted by Crippen LogP contribution is -2.47. The Labute approximate surface area is 220 Å². The number of carbonyl (C=O) groups excluding carboxylic acids is 1. The van der Waals surface area contributed by atoms with Gasteiger partial charge >= 0.3 is 12.1 Å². The largest absolute Gasteiger partial charge is 0.485 e. The second-order valence-electron chi connectivity index (χ2n) is 9.93. The van der Waals surface area contributed by atoms with E-state index in [4.69, 9.17) is 9.47 Å². The highest BCUT2D eigenvalue weighted by atomic mass is 32.2. The quantitative estimate of drug-likeness (QED) is 0.463. The summed E-state index contributed by atoms with van der Waals surface area (Å²) in [5.74, 6) is -1.15. The molecule has 3 rings (SSSR count). The molecule has 9 nitrogen and oxygen atoms in total. The van der Waals surface area contributed by atoms with Crippen LogP contribution in [-0.2, 0) is 42.2 Å². The van der Waals surface area contributed by atoms with Gasteiger partial charge in [-0.1, -0.05) is 12.1 Å². The molecule has 38 heavy (non-hydrogen) atoms. The van der Waals surface area contributed by atoms with Crippen LogP contribution in [0.15, 0.2) is 47.4 Å². The van der Waals surface area contributed by atoms with Gasteiger partial charge in [-0.2, -0.15) is 13.2 Å². The van der Waals surface area contributed by atoms with Gasteiger partial charge in [-0.25, -0.2) is 21.1 Å². The first-order chi connectivity index (χ1) is 17.3. The molecule has 210 valence electrons. The Morgan fingerprint density at radius 2 is 1.74 bits per heavy atom. The lowest BCUT2D eigenvalue weighted by atomic mass is 10.1. The third-order valence-electron chi connectivity index (χ3n) is 5.43. The minimum atomic E-state index is -4.78. The van der Waals surface area contributed by atoms with Gasteiger partial charge in [-0.3, -0.25) is 9.10 Å². The standard InChI is InChI=1S/C24H29F3N2O7S2/c1-23(2,3)36-22(30)12-16-9-10-21-20(11-16)29(14-18(35-21)15-37(31,32)28(4)5)38(33,34)19-8-6-7-17(13-19)24(25,26)27/h6-11,13,18H,12,14-15H2,1-5H3/t18-/m1/s1. The number of hydrogen-bond acceptors (Lipinski definition) is 7. The number of anilines is 1. The molecule has 14 heteroatoms. The third kappa shape index (κ3) is 6.97. The summed E-state index contributed by atoms with van der Waals surface area (Å²) in [6.45, 7) is 4.58. The fourth-order valence-corrected chi connectivity index (χ4v) is 6.16. The number of carbonyl (C=O) groups is 1. The number of hydrogen-bond donors (Lipinski definition) is 0. The number of nitrogens with zero attached hydrogens (tertiary/aromatic N) is 2. The summed E-state index contributed by atoms with van der Waals surface area (Å²) in [6.07, 6.45) is -6.15. The molecule has 0 fully saturated rings. The molecule has 2 aromatic rings. The molecule has 1 aliphatic rings. The fraction of sp³-hybridized carbons (Fsp3) is 0.458. The molecule has 0 aromatic heterocycles. The average molecular weight is 579 g/mol. The number of sulfonamides is 2. The summed E-state index contributed by atoms with van der Waals surface area (Å²) in [4.78, 5) is 11.7. The minimum absolute atomic E-state index is 0.00121. The Kier molecular flexibility index (Phi) is 8.11. The normalized spacial score (nSPS) is 16.7. The number of fused-ring (bicyclic) bond motifs is 1. The molecule has 0 saturated heterocycles. The fourth-order valence-electron chi connectivity index (χ4n) is 3.67. The summed E-state index contributed by atoms with van der Waals surface area (Å²) in [5.41, 5.74) is -1.58. The van der Waals surface area contributed by atoms with Gasteiger partial charge in [0.05, 0.1) is 29.1 Å². The smallest absolute Gasteiger partial charge is 0.416 e. The molecule has 0 spiro atoms. The van der Waals surface area contributed by atoms with Crippen LogP contribution in [0, 0.1) is 0 Å². The van der Waals surface area contributed by atoms with Crippen molar-refractivity contribution in [2.45, 2.75) is 50.0 Å². The van der Waals surface area contributed by atoms with E-state index in [1.54, 1.807) is 20.8 Å². The van der Waals surface area contributed by atoms with E-state index in [1.807, 2.05) is 0 Å². The lowest BCUT2D eigenvalue weighted by molar-refractivity contribution is -0.153. The zero-order chi connectivity index (χ0) is 28.7. The monoisotopic (exact) mass is 578 g/mol. The molecular weight excluding hydrogens is 549 g/mol. The van der Waals surface area contributed by atoms with Crippen LogP contribution in [0.5, 0.6) is 5.75 Å². The van der Waals surface area contributed by atoms with Gasteiger partial charge in [-0.15, -0.1) is 0 Å². The molecule has 0 bridgehead atoms. The van der Waals surface area contributed by atoms with E-state index in [1.165, 1.54) is 32.3 Å². The Bertz CT molecular complexity index is 1420. The lowest BCUT2D eigenvalue weighted by Gasteiger charge is -2.36. The van der Waals surface area contributed by atoms with Crippen LogP contribution >= 0.6 is 0 Å². The van der Waals surface area contributed by atoms with Gasteiger partial charge in [0.1, 0.15) is 23.2 Å². The van der Waals surface area contributed by atoms with Crippen LogP contribution in [0.1, 0.15) is 31.9 Å². The van der Waals surface area contributed by atoms with Crippen molar-refractivity contribution in [3.8, 4) is 5.75 Å². The minimum Gasteiger partial charge on any atom is -0.485 e. The molecule has 0 N–H and O–H groups in total. The first-order valence-corrected chi connectivity index (χ1v) is 14.5. The van der Waals surface area contributed by atoms with Crippen LogP contribution < -0.4 is 9.04 Å². The first kappa shape index (κ1) is 29.7. The number of rotatable bonds is 7. The van der Waals surface area contributed by atoms with Gasteiger partial charge in [0, 0.05) is 14.1 Å². The molecule has 0 amide bonds. The molecular formula is C24H29F3N2O7S2. The topological polar surface area (TPSA) is 110 Å². The van der Waals surface area contributed by atoms with Gasteiger partial charge in [0.2, 0.25) is 10.0 Å². The van der Waals surface area contributed by atoms with Crippen molar-refractivity contribution in [1.29, 1.82) is 0 Å². The SMILES string of the molecule is CN(C)S(=O)(=O)C[C@H]1CN(S(=O)(=O)c2cccc(C(F)(F)F)c2)c2cc(CC(=O)OC(C)(C)C)ccc2O1. The van der Waals surface area contributed by atoms with Gasteiger partial charge < -0.3 is 9.47 Å². The highest BCUT2D eigenvalue weighted by Crippen LogP contribution is 2.39. The van der Waals surface area contributed by atoms with Crippen molar-refractivity contribution in [2.75, 3.05) is 30.7 Å². The summed E-state index contributed by atoms with van der Waals surface area (Å²) in [5, 5.41) is 0. The van der Waals surface area contributed by atoms with E-state index in [9.17, 15) is 34.8 Å². The van der Waals surface area contributed by atoms with Crippen molar-refractivity contribution >= 4 is 31.7 Å². The van der Waals surface area contributed by atoms with Crippen molar-refractivity contribution in [2.24, 2.45) is 0 Å². The number of benzene rings is 2. The summed E-state index contributed by atoms with van der Waals surface area (Å²) < 4.78 is 105. The molecule has 0 unspecified atom stereocenters. The maximum Gasteiger partial charge on any atom is 0.416 e. The molecule has 0 aliphatic carbocycles. The zero-order valence-electron chi connectivity index (χ0n) is 21.4. The van der Waals surface area contributed by atoms with Crippen molar-refractivity contribution < 1.29 is 44.3 Å². The summed E-state index contributed by atoms with van der Waals surface area (Å²) in [6, 6.07) is 7.51. The Morgan fingerprint density at radius 3 is 2.32 bits per heavy atom. The van der Waals surface area contributed by atoms with Crippen LogP contribution in [0.2, 0.25) is 0 Å². The molecule has 0 saturated carbocycles. The molecule has 1 atom stereocenters. The van der Waals surface area contributed by atoms with Crippen molar-refractivity contribution in [3.05, 3.63) is 53.6 Å². The Balaban J connectivity index is 2.08. The van der Waals surface area contributed by atoms with E-state index in [2.05, 4.69) is 0 Å². The van der Waals surface area contributed by atoms with Crippen LogP contribution in [0.25, 0.3) is 0 Å². The van der Waals surface area contributed by atoms with Crippen molar-refractivity contribution in [1.82, 2.24) is 4.31 Å². The van der Waals surface area contributed by atoms with E-state index in [-0.39, 0.29) is 17.9 Å². The van der Waals surface area contributed by atoms with E-state index in [0.717, 1.165) is 26.8 Å². The maximum absolute atomic E-state index is 13.6. The average Bonchev–Trinajstić information content (AvgIpc) is 2.76. The summed E-state index contributed by atoms with van der Waals surface area (Å²) in [7, 11) is -5.81. The van der Waals surface area contributed by atoms with Gasteiger partial charge in [0.15, 0.2) is 0 Å². The third-order valence-corrected chi connectivity index (χ3v) is 9.11. The van der Waals surface area contributed by atoms with Crippen LogP contribution in [-0.4, -0.2) is 65.2 Å². The van der Waals surface area contributed by atoms with Crippen LogP contribution in [0.4, 0.5) is 18.9 Å². The highest BCUT2D eigenvalue weighted by Gasteiger charge is 2.38. The van der Waals surface area contributed by atoms with Crippen molar-refractivity contribution in [3.63, 3.8) is 0 Å². The predicted octanol–water partition coefficient (Wildman–Crippen LogP) is 3.44. The second-order valence-corrected chi connectivity index (χ2v) is 14.0. The first-order valence-electron chi connectivity index (χ1n) is 11.4. The molecule has 1 heterocycles. The van der Waals surface area contributed by atoms with Gasteiger partial charge in [0.25, 0.3) is 10.0 Å².